The second-order valence-electron chi connectivity index (χ2n) is 3.17. The van der Waals surface area contributed by atoms with Crippen molar-refractivity contribution in [2.24, 2.45) is 5.73 Å². The van der Waals surface area contributed by atoms with E-state index in [9.17, 15) is 14.4 Å². The number of nitrogens with one attached hydrogen (secondary N) is 2. The summed E-state index contributed by atoms with van der Waals surface area (Å²) in [5, 5.41) is 4.97. The molecule has 1 aliphatic rings. The van der Waals surface area contributed by atoms with Crippen LogP contribution >= 0.6 is 0 Å². The van der Waals surface area contributed by atoms with Crippen molar-refractivity contribution in [2.45, 2.75) is 29.8 Å². The number of hydrogen-bond donors (Lipinski definition) is 3. The van der Waals surface area contributed by atoms with E-state index in [-0.39, 0.29) is 0 Å². The van der Waals surface area contributed by atoms with Crippen LogP contribution in [0.25, 0.3) is 0 Å². The maximum atomic E-state index is 11.4. The Hall–Kier alpha value is -1.11. The van der Waals surface area contributed by atoms with Crippen molar-refractivity contribution < 1.29 is 19.1 Å². The number of hydrogen-bond acceptors (Lipinski definition) is 5. The van der Waals surface area contributed by atoms with Gasteiger partial charge in [-0.15, -0.1) is 0 Å². The third-order valence-corrected chi connectivity index (χ3v) is 3.26. The summed E-state index contributed by atoms with van der Waals surface area (Å²) >= 11 is 0.441. The molecule has 4 N–H and O–H groups in total. The molecule has 0 spiro atoms. The summed E-state index contributed by atoms with van der Waals surface area (Å²) in [6.07, 6.45) is -0.726. The molecule has 0 radical (unpaired) electrons. The average molecular weight is 294 g/mol. The van der Waals surface area contributed by atoms with Crippen LogP contribution < -0.4 is 16.4 Å². The van der Waals surface area contributed by atoms with Crippen LogP contribution in [0.15, 0.2) is 0 Å². The summed E-state index contributed by atoms with van der Waals surface area (Å²) in [4.78, 5) is 33.2. The van der Waals surface area contributed by atoms with Crippen molar-refractivity contribution in [3.8, 4) is 0 Å². The van der Waals surface area contributed by atoms with Crippen LogP contribution in [0.1, 0.15) is 6.42 Å². The van der Waals surface area contributed by atoms with Gasteiger partial charge in [-0.25, -0.2) is 0 Å². The van der Waals surface area contributed by atoms with Crippen LogP contribution in [0.5, 0.6) is 0 Å². The minimum absolute atomic E-state index is 0.441. The predicted octanol–water partition coefficient (Wildman–Crippen LogP) is -1.42. The first-order chi connectivity index (χ1) is 7.54. The van der Waals surface area contributed by atoms with Gasteiger partial charge in [-0.2, -0.15) is 0 Å². The van der Waals surface area contributed by atoms with Crippen LogP contribution in [0, 0.1) is 0 Å². The van der Waals surface area contributed by atoms with E-state index >= 15 is 0 Å². The summed E-state index contributed by atoms with van der Waals surface area (Å²) in [6, 6.07) is -1.42. The zero-order chi connectivity index (χ0) is 12.1. The molecule has 1 rings (SSSR count). The Morgan fingerprint density at radius 1 is 1.62 bits per heavy atom. The Kier molecular flexibility index (Phi) is 4.72. The molecule has 90 valence electrons. The van der Waals surface area contributed by atoms with E-state index in [0.29, 0.717) is 21.4 Å². The molecule has 0 aromatic heterocycles. The number of carbonyl (C=O) groups excluding carboxylic acids is 3. The van der Waals surface area contributed by atoms with Crippen LogP contribution in [-0.2, 0) is 14.3 Å². The summed E-state index contributed by atoms with van der Waals surface area (Å²) in [5.41, 5.74) is 5.55. The summed E-state index contributed by atoms with van der Waals surface area (Å²) in [6.45, 7) is 0. The second-order valence-corrected chi connectivity index (χ2v) is 5.24. The number of imide groups is 1. The van der Waals surface area contributed by atoms with Gasteiger partial charge in [0.1, 0.15) is 0 Å². The standard InChI is InChI=1S/C8H13N3O4Se/c1-16-3-2-4(9)7(13)15-6-5(12)10-8(14)11-6/h4,6H,2-3,9H2,1H3,(H2,10,11,12,14)/t4-,6?/m0/s1. The van der Waals surface area contributed by atoms with E-state index in [0.717, 1.165) is 5.32 Å². The molecule has 0 saturated carbocycles. The molecule has 7 nitrogen and oxygen atoms in total. The van der Waals surface area contributed by atoms with Crippen LogP contribution in [-0.4, -0.2) is 45.1 Å². The molecule has 0 bridgehead atoms. The van der Waals surface area contributed by atoms with E-state index < -0.39 is 30.2 Å². The number of esters is 1. The second kappa shape index (κ2) is 5.83. The third kappa shape index (κ3) is 3.48. The molecule has 16 heavy (non-hydrogen) atoms. The van der Waals surface area contributed by atoms with Crippen molar-refractivity contribution >= 4 is 32.9 Å². The average Bonchev–Trinajstić information content (AvgIpc) is 2.53. The molecule has 0 aromatic rings. The van der Waals surface area contributed by atoms with Crippen LogP contribution in [0.3, 0.4) is 0 Å². The Bertz CT molecular complexity index is 310. The molecule has 1 fully saturated rings. The molecule has 0 aromatic carbocycles. The Morgan fingerprint density at radius 2 is 2.31 bits per heavy atom. The van der Waals surface area contributed by atoms with Crippen molar-refractivity contribution in [2.75, 3.05) is 0 Å². The third-order valence-electron chi connectivity index (χ3n) is 1.91. The fourth-order valence-electron chi connectivity index (χ4n) is 1.05. The van der Waals surface area contributed by atoms with Gasteiger partial charge in [0, 0.05) is 0 Å². The van der Waals surface area contributed by atoms with Gasteiger partial charge in [0.25, 0.3) is 0 Å². The number of rotatable bonds is 5. The van der Waals surface area contributed by atoms with E-state index in [2.05, 4.69) is 5.32 Å². The van der Waals surface area contributed by atoms with Gasteiger partial charge in [0.15, 0.2) is 0 Å². The fourth-order valence-corrected chi connectivity index (χ4v) is 2.07. The summed E-state index contributed by atoms with van der Waals surface area (Å²) < 4.78 is 4.75. The zero-order valence-corrected chi connectivity index (χ0v) is 10.4. The quantitative estimate of drug-likeness (QED) is 0.327. The van der Waals surface area contributed by atoms with Crippen molar-refractivity contribution in [1.82, 2.24) is 10.6 Å². The molecule has 1 unspecified atom stereocenters. The predicted molar refractivity (Wildman–Crippen MR) is 55.6 cm³/mol. The number of nitrogens with two attached hydrogens (primary N) is 1. The number of urea groups is 1. The van der Waals surface area contributed by atoms with Gasteiger partial charge < -0.3 is 0 Å². The van der Waals surface area contributed by atoms with Crippen LogP contribution in [0.2, 0.25) is 11.1 Å². The Balaban J connectivity index is 2.39. The van der Waals surface area contributed by atoms with Crippen molar-refractivity contribution in [3.63, 3.8) is 0 Å². The van der Waals surface area contributed by atoms with Gasteiger partial charge in [-0.05, 0) is 0 Å². The van der Waals surface area contributed by atoms with E-state index in [4.69, 9.17) is 10.5 Å². The molecule has 1 heterocycles. The maximum absolute atomic E-state index is 11.4. The van der Waals surface area contributed by atoms with Crippen LogP contribution in [0.4, 0.5) is 4.79 Å². The SMILES string of the molecule is C[Se]CC[C@H](N)C(=O)OC1NC(=O)NC1=O. The molecule has 3 amide bonds. The Morgan fingerprint density at radius 3 is 2.81 bits per heavy atom. The fraction of sp³-hybridized carbons (Fsp3) is 0.625. The van der Waals surface area contributed by atoms with E-state index in [1.54, 1.807) is 0 Å². The van der Waals surface area contributed by atoms with Crippen molar-refractivity contribution in [3.05, 3.63) is 0 Å². The van der Waals surface area contributed by atoms with Gasteiger partial charge in [0.05, 0.1) is 0 Å². The molecular weight excluding hydrogens is 281 g/mol. The first-order valence-corrected chi connectivity index (χ1v) is 7.53. The minimum atomic E-state index is -1.25. The molecule has 0 aliphatic carbocycles. The number of carbonyl (C=O) groups is 3. The number of amides is 3. The molecule has 8 heteroatoms. The summed E-state index contributed by atoms with van der Waals surface area (Å²) in [7, 11) is 0. The van der Waals surface area contributed by atoms with Gasteiger partial charge in [-0.3, -0.25) is 0 Å². The van der Waals surface area contributed by atoms with Crippen molar-refractivity contribution in [1.29, 1.82) is 0 Å². The topological polar surface area (TPSA) is 111 Å². The first-order valence-electron chi connectivity index (χ1n) is 4.61. The van der Waals surface area contributed by atoms with E-state index in [1.807, 2.05) is 11.1 Å². The normalized spacial score (nSPS) is 21.2. The molecular formula is C8H13N3O4Se. The molecule has 1 saturated heterocycles. The van der Waals surface area contributed by atoms with Gasteiger partial charge >= 0.3 is 98.2 Å². The summed E-state index contributed by atoms with van der Waals surface area (Å²) in [5.74, 6) is 0.687. The Labute approximate surface area is 98.6 Å². The van der Waals surface area contributed by atoms with E-state index in [1.165, 1.54) is 0 Å². The number of ether oxygens (including phenoxy) is 1. The zero-order valence-electron chi connectivity index (χ0n) is 8.69. The first kappa shape index (κ1) is 13.0. The monoisotopic (exact) mass is 295 g/mol. The van der Waals surface area contributed by atoms with Gasteiger partial charge in [-0.1, -0.05) is 0 Å². The molecule has 1 aliphatic heterocycles. The van der Waals surface area contributed by atoms with Gasteiger partial charge in [0.2, 0.25) is 0 Å². The molecule has 2 atom stereocenters.